The Morgan fingerprint density at radius 2 is 1.68 bits per heavy atom. The Kier molecular flexibility index (Phi) is 6.33. The predicted octanol–water partition coefficient (Wildman–Crippen LogP) is 3.57. The monoisotopic (exact) mass is 396 g/mol. The quantitative estimate of drug-likeness (QED) is 0.597. The molecule has 2 amide bonds. The van der Waals surface area contributed by atoms with Crippen LogP contribution in [-0.2, 0) is 9.59 Å². The van der Waals surface area contributed by atoms with Crippen molar-refractivity contribution in [3.63, 3.8) is 0 Å². The third kappa shape index (κ3) is 5.14. The minimum atomic E-state index is -0.138. The van der Waals surface area contributed by atoms with Gasteiger partial charge in [-0.05, 0) is 48.5 Å². The van der Waals surface area contributed by atoms with E-state index < -0.39 is 0 Å². The Balaban J connectivity index is 1.58. The first-order valence-corrected chi connectivity index (χ1v) is 9.52. The van der Waals surface area contributed by atoms with E-state index >= 15 is 0 Å². The molecule has 3 rings (SSSR count). The Morgan fingerprint density at radius 3 is 2.29 bits per heavy atom. The molecular formula is C20H20N4O3S. The maximum Gasteiger partial charge on any atom is 0.234 e. The van der Waals surface area contributed by atoms with Gasteiger partial charge >= 0.3 is 0 Å². The molecule has 0 atom stereocenters. The molecule has 0 unspecified atom stereocenters. The van der Waals surface area contributed by atoms with Crippen molar-refractivity contribution in [1.82, 2.24) is 9.55 Å². The summed E-state index contributed by atoms with van der Waals surface area (Å²) in [4.78, 5) is 27.6. The minimum Gasteiger partial charge on any atom is -0.497 e. The SMILES string of the molecule is COc1ccc(-n2ccnc2SCC(=O)Nc2ccc(NC(C)=O)cc2)cc1. The Bertz CT molecular complexity index is 952. The average molecular weight is 396 g/mol. The summed E-state index contributed by atoms with van der Waals surface area (Å²) < 4.78 is 7.09. The van der Waals surface area contributed by atoms with Crippen LogP contribution in [0.25, 0.3) is 5.69 Å². The summed E-state index contributed by atoms with van der Waals surface area (Å²) in [6, 6.07) is 14.6. The molecule has 0 fully saturated rings. The molecule has 0 radical (unpaired) electrons. The van der Waals surface area contributed by atoms with E-state index in [1.165, 1.54) is 18.7 Å². The van der Waals surface area contributed by atoms with Gasteiger partial charge in [0.1, 0.15) is 5.75 Å². The lowest BCUT2D eigenvalue weighted by atomic mass is 10.3. The van der Waals surface area contributed by atoms with Crippen LogP contribution in [0.1, 0.15) is 6.92 Å². The van der Waals surface area contributed by atoms with Gasteiger partial charge in [-0.25, -0.2) is 4.98 Å². The summed E-state index contributed by atoms with van der Waals surface area (Å²) in [7, 11) is 1.62. The van der Waals surface area contributed by atoms with Gasteiger partial charge in [0.05, 0.1) is 12.9 Å². The Labute approximate surface area is 167 Å². The summed E-state index contributed by atoms with van der Waals surface area (Å²) in [5.74, 6) is 0.727. The molecule has 28 heavy (non-hydrogen) atoms. The van der Waals surface area contributed by atoms with E-state index in [0.717, 1.165) is 16.6 Å². The molecule has 0 aliphatic heterocycles. The zero-order chi connectivity index (χ0) is 19.9. The van der Waals surface area contributed by atoms with Crippen LogP contribution >= 0.6 is 11.8 Å². The smallest absolute Gasteiger partial charge is 0.234 e. The van der Waals surface area contributed by atoms with Gasteiger partial charge in [0, 0.05) is 36.4 Å². The molecule has 2 aromatic carbocycles. The fourth-order valence-electron chi connectivity index (χ4n) is 2.50. The Hall–Kier alpha value is -3.26. The summed E-state index contributed by atoms with van der Waals surface area (Å²) >= 11 is 1.35. The normalized spacial score (nSPS) is 10.4. The van der Waals surface area contributed by atoms with Gasteiger partial charge in [-0.3, -0.25) is 14.2 Å². The second kappa shape index (κ2) is 9.09. The van der Waals surface area contributed by atoms with E-state index in [2.05, 4.69) is 15.6 Å². The van der Waals surface area contributed by atoms with Gasteiger partial charge in [-0.15, -0.1) is 0 Å². The molecule has 0 aliphatic carbocycles. The standard InChI is InChI=1S/C20H20N4O3S/c1-14(25)22-15-3-5-16(6-4-15)23-19(26)13-28-20-21-11-12-24(20)17-7-9-18(27-2)10-8-17/h3-12H,13H2,1-2H3,(H,22,25)(H,23,26). The van der Waals surface area contributed by atoms with E-state index in [1.54, 1.807) is 37.6 Å². The third-order valence-corrected chi connectivity index (χ3v) is 4.75. The van der Waals surface area contributed by atoms with Crippen molar-refractivity contribution >= 4 is 35.0 Å². The van der Waals surface area contributed by atoms with E-state index in [4.69, 9.17) is 4.74 Å². The number of nitrogens with one attached hydrogen (secondary N) is 2. The zero-order valence-electron chi connectivity index (χ0n) is 15.5. The van der Waals surface area contributed by atoms with Gasteiger partial charge < -0.3 is 15.4 Å². The van der Waals surface area contributed by atoms with Crippen molar-refractivity contribution in [3.8, 4) is 11.4 Å². The summed E-state index contributed by atoms with van der Waals surface area (Å²) in [6.45, 7) is 1.45. The number of anilines is 2. The topological polar surface area (TPSA) is 85.2 Å². The first kappa shape index (κ1) is 19.5. The number of aromatic nitrogens is 2. The number of imidazole rings is 1. The molecule has 2 N–H and O–H groups in total. The van der Waals surface area contributed by atoms with Gasteiger partial charge in [0.25, 0.3) is 0 Å². The van der Waals surface area contributed by atoms with Crippen molar-refractivity contribution in [1.29, 1.82) is 0 Å². The zero-order valence-corrected chi connectivity index (χ0v) is 16.3. The van der Waals surface area contributed by atoms with E-state index in [0.29, 0.717) is 11.4 Å². The lowest BCUT2D eigenvalue weighted by Gasteiger charge is -2.09. The highest BCUT2D eigenvalue weighted by Gasteiger charge is 2.10. The number of ether oxygens (including phenoxy) is 1. The van der Waals surface area contributed by atoms with Crippen LogP contribution in [0.3, 0.4) is 0 Å². The van der Waals surface area contributed by atoms with E-state index in [-0.39, 0.29) is 17.6 Å². The molecule has 0 spiro atoms. The number of amides is 2. The molecule has 0 aliphatic rings. The van der Waals surface area contributed by atoms with E-state index in [1.807, 2.05) is 35.0 Å². The maximum absolute atomic E-state index is 12.2. The van der Waals surface area contributed by atoms with Crippen LogP contribution in [-0.4, -0.2) is 34.2 Å². The second-order valence-electron chi connectivity index (χ2n) is 5.87. The Morgan fingerprint density at radius 1 is 1.04 bits per heavy atom. The number of methoxy groups -OCH3 is 1. The minimum absolute atomic E-state index is 0.137. The van der Waals surface area contributed by atoms with Crippen LogP contribution in [0.15, 0.2) is 66.1 Å². The molecule has 3 aromatic rings. The van der Waals surface area contributed by atoms with Gasteiger partial charge in [0.2, 0.25) is 11.8 Å². The second-order valence-corrected chi connectivity index (χ2v) is 6.82. The number of carbonyl (C=O) groups excluding carboxylic acids is 2. The summed E-state index contributed by atoms with van der Waals surface area (Å²) in [5, 5.41) is 6.24. The number of carbonyl (C=O) groups is 2. The molecule has 0 saturated heterocycles. The highest BCUT2D eigenvalue weighted by Crippen LogP contribution is 2.22. The molecule has 0 saturated carbocycles. The predicted molar refractivity (Wildman–Crippen MR) is 110 cm³/mol. The fraction of sp³-hybridized carbons (Fsp3) is 0.150. The van der Waals surface area contributed by atoms with E-state index in [9.17, 15) is 9.59 Å². The van der Waals surface area contributed by atoms with Gasteiger partial charge in [0.15, 0.2) is 5.16 Å². The first-order chi connectivity index (χ1) is 13.5. The van der Waals surface area contributed by atoms with Crippen LogP contribution in [0, 0.1) is 0 Å². The van der Waals surface area contributed by atoms with Crippen molar-refractivity contribution in [3.05, 3.63) is 60.9 Å². The molecule has 144 valence electrons. The molecule has 1 aromatic heterocycles. The average Bonchev–Trinajstić information content (AvgIpc) is 3.16. The number of nitrogens with zero attached hydrogens (tertiary/aromatic N) is 2. The highest BCUT2D eigenvalue weighted by molar-refractivity contribution is 7.99. The molecule has 1 heterocycles. The van der Waals surface area contributed by atoms with Crippen LogP contribution in [0.5, 0.6) is 5.75 Å². The molecule has 7 nitrogen and oxygen atoms in total. The van der Waals surface area contributed by atoms with Crippen LogP contribution in [0.4, 0.5) is 11.4 Å². The number of thioether (sulfide) groups is 1. The molecular weight excluding hydrogens is 376 g/mol. The maximum atomic E-state index is 12.2. The number of hydrogen-bond donors (Lipinski definition) is 2. The largest absolute Gasteiger partial charge is 0.497 e. The van der Waals surface area contributed by atoms with Crippen molar-refractivity contribution in [2.75, 3.05) is 23.5 Å². The lowest BCUT2D eigenvalue weighted by molar-refractivity contribution is -0.114. The van der Waals surface area contributed by atoms with Crippen LogP contribution < -0.4 is 15.4 Å². The fourth-order valence-corrected chi connectivity index (χ4v) is 3.28. The number of benzene rings is 2. The first-order valence-electron chi connectivity index (χ1n) is 8.53. The lowest BCUT2D eigenvalue weighted by Crippen LogP contribution is -2.14. The third-order valence-electron chi connectivity index (χ3n) is 3.78. The summed E-state index contributed by atoms with van der Waals surface area (Å²) in [6.07, 6.45) is 3.55. The van der Waals surface area contributed by atoms with Crippen molar-refractivity contribution in [2.24, 2.45) is 0 Å². The number of hydrogen-bond acceptors (Lipinski definition) is 5. The number of rotatable bonds is 7. The highest BCUT2D eigenvalue weighted by atomic mass is 32.2. The van der Waals surface area contributed by atoms with Gasteiger partial charge in [-0.1, -0.05) is 11.8 Å². The van der Waals surface area contributed by atoms with Crippen molar-refractivity contribution in [2.45, 2.75) is 12.1 Å². The summed E-state index contributed by atoms with van der Waals surface area (Å²) in [5.41, 5.74) is 2.29. The molecule has 0 bridgehead atoms. The van der Waals surface area contributed by atoms with Crippen LogP contribution in [0.2, 0.25) is 0 Å². The molecule has 8 heteroatoms. The van der Waals surface area contributed by atoms with Gasteiger partial charge in [-0.2, -0.15) is 0 Å². The van der Waals surface area contributed by atoms with Crippen molar-refractivity contribution < 1.29 is 14.3 Å².